The van der Waals surface area contributed by atoms with Crippen LogP contribution in [0.2, 0.25) is 0 Å². The molecular weight excluding hydrogens is 116 g/mol. The summed E-state index contributed by atoms with van der Waals surface area (Å²) in [6.45, 7) is 0. The van der Waals surface area contributed by atoms with E-state index in [1.807, 2.05) is 12.1 Å². The van der Waals surface area contributed by atoms with Gasteiger partial charge in [0.25, 0.3) is 0 Å². The van der Waals surface area contributed by atoms with Gasteiger partial charge in [-0.1, -0.05) is 5.53 Å². The Labute approximate surface area is 52.1 Å². The average Bonchev–Trinajstić information content (AvgIpc) is 2.33. The lowest BCUT2D eigenvalue weighted by molar-refractivity contribution is 0.450. The van der Waals surface area contributed by atoms with Gasteiger partial charge in [-0.15, -0.1) is 4.79 Å². The highest BCUT2D eigenvalue weighted by molar-refractivity contribution is 5.44. The summed E-state index contributed by atoms with van der Waals surface area (Å²) in [4.78, 5) is 1.53. The maximum atomic E-state index is 3.89. The van der Waals surface area contributed by atoms with Crippen LogP contribution < -0.4 is 11.0 Å². The number of hydrogen-bond acceptors (Lipinski definition) is 2. The molecule has 9 heavy (non-hydrogen) atoms. The highest BCUT2D eigenvalue weighted by atomic mass is 15.7. The fourth-order valence-corrected chi connectivity index (χ4v) is 0.723. The van der Waals surface area contributed by atoms with E-state index >= 15 is 0 Å². The van der Waals surface area contributed by atoms with Crippen molar-refractivity contribution in [1.29, 1.82) is 0 Å². The minimum absolute atomic E-state index is 0.994. The molecule has 0 aromatic carbocycles. The topological polar surface area (TPSA) is 44.0 Å². The molecule has 0 unspecified atom stereocenters. The van der Waals surface area contributed by atoms with Crippen LogP contribution in [-0.4, -0.2) is 9.89 Å². The molecule has 1 aliphatic heterocycles. The van der Waals surface area contributed by atoms with E-state index in [9.17, 15) is 0 Å². The second-order valence-electron chi connectivity index (χ2n) is 1.71. The predicted octanol–water partition coefficient (Wildman–Crippen LogP) is -0.260. The van der Waals surface area contributed by atoms with E-state index in [0.717, 1.165) is 5.69 Å². The van der Waals surface area contributed by atoms with E-state index in [1.54, 1.807) is 12.4 Å². The molecule has 0 amide bonds. The molecule has 45 valence electrons. The first-order valence-corrected chi connectivity index (χ1v) is 2.64. The molecule has 1 aromatic heterocycles. The van der Waals surface area contributed by atoms with Crippen LogP contribution in [0.4, 0.5) is 0 Å². The van der Waals surface area contributed by atoms with Crippen LogP contribution in [0.5, 0.6) is 0 Å². The Balaban J connectivity index is 2.53. The SMILES string of the molecule is C1=Cc2ccnn2[N]N1. The van der Waals surface area contributed by atoms with Crippen LogP contribution in [0.1, 0.15) is 5.69 Å². The van der Waals surface area contributed by atoms with Crippen LogP contribution in [0.15, 0.2) is 18.5 Å². The zero-order valence-corrected chi connectivity index (χ0v) is 4.65. The number of rotatable bonds is 0. The summed E-state index contributed by atoms with van der Waals surface area (Å²) in [6.07, 6.45) is 5.37. The van der Waals surface area contributed by atoms with Crippen molar-refractivity contribution < 1.29 is 0 Å². The van der Waals surface area contributed by atoms with Crippen LogP contribution in [0.3, 0.4) is 0 Å². The molecule has 0 aliphatic carbocycles. The summed E-state index contributed by atoms with van der Waals surface area (Å²) in [6, 6.07) is 1.89. The van der Waals surface area contributed by atoms with Gasteiger partial charge >= 0.3 is 0 Å². The van der Waals surface area contributed by atoms with Gasteiger partial charge in [-0.05, 0) is 12.1 Å². The second-order valence-corrected chi connectivity index (χ2v) is 1.71. The summed E-state index contributed by atoms with van der Waals surface area (Å²) in [5.41, 5.74) is 7.49. The molecule has 2 heterocycles. The van der Waals surface area contributed by atoms with E-state index in [4.69, 9.17) is 0 Å². The molecule has 0 atom stereocenters. The van der Waals surface area contributed by atoms with Gasteiger partial charge in [0.05, 0.1) is 11.9 Å². The lowest BCUT2D eigenvalue weighted by atomic mass is 10.4. The van der Waals surface area contributed by atoms with Gasteiger partial charge in [0, 0.05) is 6.20 Å². The lowest BCUT2D eigenvalue weighted by Gasteiger charge is -2.06. The first kappa shape index (κ1) is 4.43. The summed E-state index contributed by atoms with van der Waals surface area (Å²) < 4.78 is 0. The second kappa shape index (κ2) is 1.51. The van der Waals surface area contributed by atoms with Gasteiger partial charge in [-0.3, -0.25) is 5.43 Å². The number of nitrogens with zero attached hydrogens (tertiary/aromatic N) is 3. The van der Waals surface area contributed by atoms with Gasteiger partial charge in [-0.25, -0.2) is 0 Å². The molecule has 0 saturated carbocycles. The molecule has 1 N–H and O–H groups in total. The summed E-state index contributed by atoms with van der Waals surface area (Å²) >= 11 is 0. The van der Waals surface area contributed by atoms with Crippen molar-refractivity contribution in [2.75, 3.05) is 0 Å². The maximum absolute atomic E-state index is 3.89. The number of fused-ring (bicyclic) bond motifs is 1. The molecule has 0 spiro atoms. The van der Waals surface area contributed by atoms with Crippen LogP contribution in [-0.2, 0) is 0 Å². The van der Waals surface area contributed by atoms with Crippen LogP contribution in [0.25, 0.3) is 6.08 Å². The van der Waals surface area contributed by atoms with E-state index in [0.29, 0.717) is 0 Å². The largest absolute Gasteiger partial charge is 0.267 e. The molecule has 1 aromatic rings. The van der Waals surface area contributed by atoms with E-state index in [-0.39, 0.29) is 0 Å². The Bertz CT molecular complexity index is 237. The Morgan fingerprint density at radius 1 is 1.56 bits per heavy atom. The van der Waals surface area contributed by atoms with E-state index in [1.165, 1.54) is 4.79 Å². The number of hydrogen-bond donors (Lipinski definition) is 1. The molecule has 0 saturated heterocycles. The highest BCUT2D eigenvalue weighted by Crippen LogP contribution is 2.00. The first-order valence-electron chi connectivity index (χ1n) is 2.64. The third-order valence-corrected chi connectivity index (χ3v) is 1.13. The van der Waals surface area contributed by atoms with Gasteiger partial charge in [0.15, 0.2) is 0 Å². The highest BCUT2D eigenvalue weighted by Gasteiger charge is 2.00. The third-order valence-electron chi connectivity index (χ3n) is 1.13. The zero-order valence-electron chi connectivity index (χ0n) is 4.65. The molecule has 1 aliphatic rings. The number of aromatic nitrogens is 2. The Hall–Kier alpha value is -1.45. The van der Waals surface area contributed by atoms with Crippen LogP contribution >= 0.6 is 0 Å². The van der Waals surface area contributed by atoms with Crippen LogP contribution in [0, 0.1) is 0 Å². The summed E-state index contributed by atoms with van der Waals surface area (Å²) in [5, 5.41) is 3.89. The summed E-state index contributed by atoms with van der Waals surface area (Å²) in [7, 11) is 0. The quantitative estimate of drug-likeness (QED) is 0.514. The monoisotopic (exact) mass is 121 g/mol. The average molecular weight is 121 g/mol. The van der Waals surface area contributed by atoms with E-state index < -0.39 is 0 Å². The Kier molecular flexibility index (Phi) is 0.745. The Morgan fingerprint density at radius 2 is 2.56 bits per heavy atom. The van der Waals surface area contributed by atoms with E-state index in [2.05, 4.69) is 16.1 Å². The molecule has 2 rings (SSSR count). The van der Waals surface area contributed by atoms with Crippen molar-refractivity contribution in [2.24, 2.45) is 0 Å². The zero-order chi connectivity index (χ0) is 6.10. The van der Waals surface area contributed by atoms with Crippen molar-refractivity contribution in [2.45, 2.75) is 0 Å². The van der Waals surface area contributed by atoms with Gasteiger partial charge in [-0.2, -0.15) is 5.10 Å². The molecule has 4 nitrogen and oxygen atoms in total. The standard InChI is InChI=1S/C5H5N4/c1-3-6-8-9-5(1)2-4-7-9/h1-4,6H. The molecular formula is C5H5N4. The van der Waals surface area contributed by atoms with Gasteiger partial charge in [0.2, 0.25) is 0 Å². The minimum atomic E-state index is 0.994. The van der Waals surface area contributed by atoms with Crippen molar-refractivity contribution >= 4 is 6.08 Å². The predicted molar refractivity (Wildman–Crippen MR) is 31.9 cm³/mol. The molecule has 0 fully saturated rings. The van der Waals surface area contributed by atoms with Crippen molar-refractivity contribution in [3.05, 3.63) is 24.2 Å². The van der Waals surface area contributed by atoms with Gasteiger partial charge < -0.3 is 0 Å². The summed E-state index contributed by atoms with van der Waals surface area (Å²) in [5.74, 6) is 0. The van der Waals surface area contributed by atoms with Gasteiger partial charge in [0.1, 0.15) is 0 Å². The lowest BCUT2D eigenvalue weighted by Crippen LogP contribution is -2.28. The normalized spacial score (nSPS) is 13.8. The molecule has 1 radical (unpaired) electrons. The molecule has 0 bridgehead atoms. The fourth-order valence-electron chi connectivity index (χ4n) is 0.723. The van der Waals surface area contributed by atoms with Crippen molar-refractivity contribution in [1.82, 2.24) is 20.9 Å². The first-order chi connectivity index (χ1) is 4.47. The van der Waals surface area contributed by atoms with Crippen molar-refractivity contribution in [3.63, 3.8) is 0 Å². The minimum Gasteiger partial charge on any atom is -0.267 e. The molecule has 4 heteroatoms. The van der Waals surface area contributed by atoms with Crippen molar-refractivity contribution in [3.8, 4) is 0 Å². The fraction of sp³-hybridized carbons (Fsp3) is 0. The Morgan fingerprint density at radius 3 is 3.44 bits per heavy atom. The maximum Gasteiger partial charge on any atom is 0.0904 e. The smallest absolute Gasteiger partial charge is 0.0904 e. The third kappa shape index (κ3) is 0.561. The number of nitrogens with one attached hydrogen (secondary N) is 1.